The molecule has 1 aliphatic rings. The molecule has 2 N–H and O–H groups in total. The van der Waals surface area contributed by atoms with E-state index < -0.39 is 0 Å². The highest BCUT2D eigenvalue weighted by Gasteiger charge is 2.15. The van der Waals surface area contributed by atoms with Crippen molar-refractivity contribution in [2.75, 3.05) is 11.9 Å². The number of hydrogen-bond acceptors (Lipinski definition) is 5. The van der Waals surface area contributed by atoms with Gasteiger partial charge in [-0.1, -0.05) is 19.3 Å². The van der Waals surface area contributed by atoms with Crippen molar-refractivity contribution in [3.05, 3.63) is 18.1 Å². The zero-order valence-corrected chi connectivity index (χ0v) is 11.4. The second kappa shape index (κ2) is 7.43. The van der Waals surface area contributed by atoms with Crippen LogP contribution in [0.25, 0.3) is 0 Å². The summed E-state index contributed by atoms with van der Waals surface area (Å²) in [5, 5.41) is 14.9. The van der Waals surface area contributed by atoms with Gasteiger partial charge in [0.15, 0.2) is 11.5 Å². The molecule has 0 aliphatic heterocycles. The van der Waals surface area contributed by atoms with Gasteiger partial charge in [0.2, 0.25) is 5.91 Å². The van der Waals surface area contributed by atoms with E-state index >= 15 is 0 Å². The van der Waals surface area contributed by atoms with Gasteiger partial charge >= 0.3 is 0 Å². The number of anilines is 1. The smallest absolute Gasteiger partial charge is 0.221 e. The van der Waals surface area contributed by atoms with Gasteiger partial charge in [-0.3, -0.25) is 4.79 Å². The van der Waals surface area contributed by atoms with Crippen LogP contribution in [0.3, 0.4) is 0 Å². The third kappa shape index (κ3) is 4.19. The molecule has 6 nitrogen and oxygen atoms in total. The second-order valence-corrected chi connectivity index (χ2v) is 4.94. The molecule has 1 aliphatic carbocycles. The highest BCUT2D eigenvalue weighted by Crippen LogP contribution is 2.17. The Labute approximate surface area is 118 Å². The fourth-order valence-corrected chi connectivity index (χ4v) is 2.39. The highest BCUT2D eigenvalue weighted by atomic mass is 16.1. The molecule has 0 spiro atoms. The first-order chi connectivity index (χ1) is 9.79. The Bertz CT molecular complexity index is 491. The standard InChI is InChI=1S/C14H19N5O/c15-10-12-14(18-9-8-16-12)17-7-6-13(20)19-11-4-2-1-3-5-11/h8-9,11H,1-7H2,(H,17,18)(H,19,20). The number of nitriles is 1. The lowest BCUT2D eigenvalue weighted by atomic mass is 9.95. The Morgan fingerprint density at radius 3 is 2.80 bits per heavy atom. The molecule has 1 fully saturated rings. The minimum absolute atomic E-state index is 0.0480. The lowest BCUT2D eigenvalue weighted by Gasteiger charge is -2.22. The maximum atomic E-state index is 11.8. The van der Waals surface area contributed by atoms with E-state index in [4.69, 9.17) is 5.26 Å². The van der Waals surface area contributed by atoms with Crippen LogP contribution in [0.1, 0.15) is 44.2 Å². The Morgan fingerprint density at radius 2 is 2.05 bits per heavy atom. The van der Waals surface area contributed by atoms with Crippen molar-refractivity contribution < 1.29 is 4.79 Å². The van der Waals surface area contributed by atoms with E-state index in [0.717, 1.165) is 12.8 Å². The molecular weight excluding hydrogens is 254 g/mol. The van der Waals surface area contributed by atoms with Crippen LogP contribution < -0.4 is 10.6 Å². The Balaban J connectivity index is 1.72. The molecular formula is C14H19N5O. The molecule has 1 heterocycles. The quantitative estimate of drug-likeness (QED) is 0.850. The summed E-state index contributed by atoms with van der Waals surface area (Å²) in [6.45, 7) is 0.450. The van der Waals surface area contributed by atoms with Crippen molar-refractivity contribution in [2.45, 2.75) is 44.6 Å². The third-order valence-corrected chi connectivity index (χ3v) is 3.42. The topological polar surface area (TPSA) is 90.7 Å². The van der Waals surface area contributed by atoms with Gasteiger partial charge in [0.05, 0.1) is 0 Å². The van der Waals surface area contributed by atoms with E-state index in [0.29, 0.717) is 24.8 Å². The number of carbonyl (C=O) groups excluding carboxylic acids is 1. The van der Waals surface area contributed by atoms with Crippen molar-refractivity contribution in [2.24, 2.45) is 0 Å². The Kier molecular flexibility index (Phi) is 5.30. The third-order valence-electron chi connectivity index (χ3n) is 3.42. The number of hydrogen-bond donors (Lipinski definition) is 2. The average molecular weight is 273 g/mol. The molecule has 2 rings (SSSR count). The molecule has 20 heavy (non-hydrogen) atoms. The predicted octanol–water partition coefficient (Wildman–Crippen LogP) is 1.60. The van der Waals surface area contributed by atoms with Gasteiger partial charge in [-0.25, -0.2) is 9.97 Å². The van der Waals surface area contributed by atoms with E-state index in [9.17, 15) is 4.79 Å². The van der Waals surface area contributed by atoms with E-state index in [-0.39, 0.29) is 11.6 Å². The number of carbonyl (C=O) groups is 1. The Morgan fingerprint density at radius 1 is 1.30 bits per heavy atom. The monoisotopic (exact) mass is 273 g/mol. The lowest BCUT2D eigenvalue weighted by Crippen LogP contribution is -2.36. The Hall–Kier alpha value is -2.16. The van der Waals surface area contributed by atoms with Gasteiger partial charge in [-0.15, -0.1) is 0 Å². The van der Waals surface area contributed by atoms with Crippen molar-refractivity contribution in [1.82, 2.24) is 15.3 Å². The number of nitrogens with one attached hydrogen (secondary N) is 2. The van der Waals surface area contributed by atoms with Crippen molar-refractivity contribution in [1.29, 1.82) is 5.26 Å². The maximum absolute atomic E-state index is 11.8. The molecule has 1 amide bonds. The van der Waals surface area contributed by atoms with Crippen LogP contribution in [-0.4, -0.2) is 28.5 Å². The van der Waals surface area contributed by atoms with Crippen molar-refractivity contribution >= 4 is 11.7 Å². The van der Waals surface area contributed by atoms with Gasteiger partial charge < -0.3 is 10.6 Å². The van der Waals surface area contributed by atoms with Crippen LogP contribution in [0.15, 0.2) is 12.4 Å². The van der Waals surface area contributed by atoms with Crippen LogP contribution in [0.4, 0.5) is 5.82 Å². The van der Waals surface area contributed by atoms with Crippen molar-refractivity contribution in [3.63, 3.8) is 0 Å². The summed E-state index contributed by atoms with van der Waals surface area (Å²) in [6.07, 6.45) is 9.22. The molecule has 0 aromatic carbocycles. The van der Waals surface area contributed by atoms with E-state index in [1.54, 1.807) is 0 Å². The van der Waals surface area contributed by atoms with Gasteiger partial charge in [0, 0.05) is 31.4 Å². The average Bonchev–Trinajstić information content (AvgIpc) is 2.49. The first kappa shape index (κ1) is 14.3. The summed E-state index contributed by atoms with van der Waals surface area (Å²) >= 11 is 0. The summed E-state index contributed by atoms with van der Waals surface area (Å²) in [6, 6.07) is 2.30. The van der Waals surface area contributed by atoms with Crippen molar-refractivity contribution in [3.8, 4) is 6.07 Å². The fourth-order valence-electron chi connectivity index (χ4n) is 2.39. The SMILES string of the molecule is N#Cc1nccnc1NCCC(=O)NC1CCCCC1. The zero-order valence-electron chi connectivity index (χ0n) is 11.4. The molecule has 106 valence electrons. The summed E-state index contributed by atoms with van der Waals surface area (Å²) in [4.78, 5) is 19.7. The molecule has 0 bridgehead atoms. The van der Waals surface area contributed by atoms with Crippen LogP contribution >= 0.6 is 0 Å². The van der Waals surface area contributed by atoms with Crippen LogP contribution in [0.5, 0.6) is 0 Å². The molecule has 1 aromatic heterocycles. The van der Waals surface area contributed by atoms with Crippen LogP contribution in [-0.2, 0) is 4.79 Å². The van der Waals surface area contributed by atoms with E-state index in [1.807, 2.05) is 6.07 Å². The van der Waals surface area contributed by atoms with E-state index in [1.165, 1.54) is 31.7 Å². The van der Waals surface area contributed by atoms with Gasteiger partial charge in [0.25, 0.3) is 0 Å². The first-order valence-corrected chi connectivity index (χ1v) is 7.04. The summed E-state index contributed by atoms with van der Waals surface area (Å²) < 4.78 is 0. The number of amides is 1. The molecule has 0 radical (unpaired) electrons. The van der Waals surface area contributed by atoms with E-state index in [2.05, 4.69) is 20.6 Å². The first-order valence-electron chi connectivity index (χ1n) is 7.04. The highest BCUT2D eigenvalue weighted by molar-refractivity contribution is 5.76. The zero-order chi connectivity index (χ0) is 14.2. The minimum atomic E-state index is 0.0480. The summed E-state index contributed by atoms with van der Waals surface area (Å²) in [5.41, 5.74) is 0.250. The van der Waals surface area contributed by atoms with Crippen LogP contribution in [0, 0.1) is 11.3 Å². The molecule has 1 saturated carbocycles. The van der Waals surface area contributed by atoms with Gasteiger partial charge in [0.1, 0.15) is 6.07 Å². The summed E-state index contributed by atoms with van der Waals surface area (Å²) in [7, 11) is 0. The molecule has 6 heteroatoms. The number of rotatable bonds is 5. The molecule has 0 saturated heterocycles. The molecule has 0 atom stereocenters. The fraction of sp³-hybridized carbons (Fsp3) is 0.571. The largest absolute Gasteiger partial charge is 0.367 e. The van der Waals surface area contributed by atoms with Gasteiger partial charge in [-0.05, 0) is 12.8 Å². The normalized spacial score (nSPS) is 15.3. The van der Waals surface area contributed by atoms with Crippen LogP contribution in [0.2, 0.25) is 0 Å². The predicted molar refractivity (Wildman–Crippen MR) is 74.9 cm³/mol. The minimum Gasteiger partial charge on any atom is -0.367 e. The maximum Gasteiger partial charge on any atom is 0.221 e. The number of nitrogens with zero attached hydrogens (tertiary/aromatic N) is 3. The van der Waals surface area contributed by atoms with Gasteiger partial charge in [-0.2, -0.15) is 5.26 Å². The second-order valence-electron chi connectivity index (χ2n) is 4.94. The lowest BCUT2D eigenvalue weighted by molar-refractivity contribution is -0.121. The molecule has 0 unspecified atom stereocenters. The number of aromatic nitrogens is 2. The summed E-state index contributed by atoms with van der Waals surface area (Å²) in [5.74, 6) is 0.479. The molecule has 1 aromatic rings.